The van der Waals surface area contributed by atoms with Gasteiger partial charge < -0.3 is 9.04 Å². The van der Waals surface area contributed by atoms with Crippen LogP contribution in [-0.2, 0) is 10.1 Å². The molecule has 0 amide bonds. The number of halogens is 13. The summed E-state index contributed by atoms with van der Waals surface area (Å²) in [5, 5.41) is -7.48. The van der Waals surface area contributed by atoms with Gasteiger partial charge in [-0.3, -0.25) is 0 Å². The molecule has 0 saturated heterocycles. The maximum absolute atomic E-state index is 13.0. The minimum atomic E-state index is -7.92. The molecule has 0 spiro atoms. The monoisotopic (exact) mass is 605 g/mol. The van der Waals surface area contributed by atoms with E-state index in [-0.39, 0.29) is 0 Å². The summed E-state index contributed by atoms with van der Waals surface area (Å²) in [5.74, 6) is -30.0. The van der Waals surface area contributed by atoms with E-state index in [9.17, 15) is 70.0 Å². The third kappa shape index (κ3) is 8.46. The Hall–Kier alpha value is -2.08. The lowest BCUT2D eigenvalue weighted by Crippen LogP contribution is -2.68. The van der Waals surface area contributed by atoms with Gasteiger partial charge in [-0.15, -0.1) is 0 Å². The molecule has 0 saturated carbocycles. The molecule has 18 heteroatoms. The highest BCUT2D eigenvalue weighted by Gasteiger charge is 2.87. The zero-order valence-corrected chi connectivity index (χ0v) is 20.2. The third-order valence-electron chi connectivity index (χ3n) is 4.72. The number of hydrogen-bond donors (Lipinski definition) is 0. The van der Waals surface area contributed by atoms with Crippen molar-refractivity contribution in [2.75, 3.05) is 26.2 Å². The minimum absolute atomic E-state index is 0.903. The van der Waals surface area contributed by atoms with E-state index < -0.39 is 58.1 Å². The lowest BCUT2D eigenvalue weighted by atomic mass is 9.95. The van der Waals surface area contributed by atoms with Crippen LogP contribution < -0.4 is 0 Å². The van der Waals surface area contributed by atoms with Gasteiger partial charge in [0.25, 0.3) is 0 Å². The average Bonchev–Trinajstić information content (AvgIpc) is 2.72. The van der Waals surface area contributed by atoms with Crippen molar-refractivity contribution in [1.82, 2.24) is 0 Å². The molecular weight excluding hydrogens is 581 g/mol. The van der Waals surface area contributed by atoms with Crippen LogP contribution in [0.1, 0.15) is 12.8 Å². The van der Waals surface area contributed by atoms with E-state index in [0.717, 1.165) is 30.7 Å². The SMILES string of the molecule is C=CC[N+](CC=C)(CC=C)CC=C.O=S(=O)([O-])C(F)(F)C(F)(F)C(F)(F)C(F)(F)C(F)(F)CCC(F)(F)F. The molecule has 0 fully saturated rings. The van der Waals surface area contributed by atoms with E-state index in [1.54, 1.807) is 0 Å². The van der Waals surface area contributed by atoms with Gasteiger partial charge in [0.15, 0.2) is 10.1 Å². The Labute approximate surface area is 210 Å². The van der Waals surface area contributed by atoms with Crippen LogP contribution in [0.3, 0.4) is 0 Å². The van der Waals surface area contributed by atoms with Crippen molar-refractivity contribution in [3.05, 3.63) is 50.6 Å². The number of rotatable bonds is 15. The van der Waals surface area contributed by atoms with Crippen molar-refractivity contribution in [2.45, 2.75) is 48.0 Å². The Morgan fingerprint density at radius 3 is 1.13 bits per heavy atom. The van der Waals surface area contributed by atoms with Gasteiger partial charge in [-0.05, 0) is 24.3 Å². The summed E-state index contributed by atoms with van der Waals surface area (Å²) in [5.41, 5.74) is 0. The highest BCUT2D eigenvalue weighted by Crippen LogP contribution is 2.59. The first-order valence-electron chi connectivity index (χ1n) is 9.90. The van der Waals surface area contributed by atoms with E-state index in [1.807, 2.05) is 24.3 Å². The Morgan fingerprint density at radius 2 is 0.895 bits per heavy atom. The number of alkyl halides is 13. The summed E-state index contributed by atoms with van der Waals surface area (Å²) in [6.07, 6.45) is -3.99. The summed E-state index contributed by atoms with van der Waals surface area (Å²) in [6.45, 7) is 18.8. The van der Waals surface area contributed by atoms with Crippen LogP contribution in [0.15, 0.2) is 50.6 Å². The van der Waals surface area contributed by atoms with Gasteiger partial charge in [-0.2, -0.15) is 57.1 Å². The van der Waals surface area contributed by atoms with Gasteiger partial charge in [0.2, 0.25) is 0 Å². The maximum atomic E-state index is 13.0. The van der Waals surface area contributed by atoms with Crippen LogP contribution in [0.2, 0.25) is 0 Å². The molecule has 0 aromatic rings. The molecule has 0 N–H and O–H groups in total. The molecule has 0 aliphatic heterocycles. The predicted octanol–water partition coefficient (Wildman–Crippen LogP) is 6.56. The van der Waals surface area contributed by atoms with Crippen molar-refractivity contribution in [3.8, 4) is 0 Å². The number of nitrogens with zero attached hydrogens (tertiary/aromatic N) is 1. The molecule has 0 aliphatic carbocycles. The lowest BCUT2D eigenvalue weighted by molar-refractivity contribution is -0.906. The van der Waals surface area contributed by atoms with Crippen LogP contribution in [0.25, 0.3) is 0 Å². The molecule has 224 valence electrons. The summed E-state index contributed by atoms with van der Waals surface area (Å²) < 4.78 is 194. The molecule has 0 heterocycles. The molecule has 0 bridgehead atoms. The summed E-state index contributed by atoms with van der Waals surface area (Å²) in [7, 11) is -7.76. The number of hydrogen-bond acceptors (Lipinski definition) is 3. The first kappa shape index (κ1) is 38.1. The zero-order valence-electron chi connectivity index (χ0n) is 19.4. The molecule has 0 atom stereocenters. The van der Waals surface area contributed by atoms with E-state index >= 15 is 0 Å². The predicted molar refractivity (Wildman–Crippen MR) is 110 cm³/mol. The molecule has 0 aliphatic rings. The molecule has 0 aromatic heterocycles. The zero-order chi connectivity index (χ0) is 31.1. The van der Waals surface area contributed by atoms with E-state index in [1.165, 1.54) is 0 Å². The van der Waals surface area contributed by atoms with Crippen LogP contribution in [0.4, 0.5) is 57.1 Å². The highest BCUT2D eigenvalue weighted by molar-refractivity contribution is 7.86. The fourth-order valence-corrected chi connectivity index (χ4v) is 3.21. The Morgan fingerprint density at radius 1 is 0.579 bits per heavy atom. The molecule has 0 radical (unpaired) electrons. The quantitative estimate of drug-likeness (QED) is 0.0921. The highest BCUT2D eigenvalue weighted by atomic mass is 32.2. The smallest absolute Gasteiger partial charge is 0.402 e. The second-order valence-corrected chi connectivity index (χ2v) is 9.16. The van der Waals surface area contributed by atoms with Crippen molar-refractivity contribution in [2.24, 2.45) is 0 Å². The van der Waals surface area contributed by atoms with Crippen molar-refractivity contribution in [1.29, 1.82) is 0 Å². The molecule has 0 rings (SSSR count). The van der Waals surface area contributed by atoms with Crippen molar-refractivity contribution >= 4 is 10.1 Å². The Balaban J connectivity index is 0. The van der Waals surface area contributed by atoms with Crippen LogP contribution in [0, 0.1) is 0 Å². The van der Waals surface area contributed by atoms with Gasteiger partial charge in [0, 0.05) is 12.8 Å². The maximum Gasteiger partial charge on any atom is 0.402 e. The first-order valence-corrected chi connectivity index (χ1v) is 11.3. The fourth-order valence-electron chi connectivity index (χ4n) is 2.76. The standard InChI is InChI=1S/C12H20N.C8H5F13O3S/c1-5-9-13(10-6-2,11-7-3)12-8-4;9-3(10,1-2-4(11,12)13)5(14,15)6(16,17)7(18,19)8(20,21)25(22,23)24/h5-8H,1-4,9-12H2;1-2H2,(H,22,23,24)/q+1;/p-1. The number of quaternary nitrogens is 1. The van der Waals surface area contributed by atoms with Gasteiger partial charge in [0.1, 0.15) is 0 Å². The summed E-state index contributed by atoms with van der Waals surface area (Å²) in [6, 6.07) is 0. The summed E-state index contributed by atoms with van der Waals surface area (Å²) in [4.78, 5) is 0. The second-order valence-electron chi connectivity index (χ2n) is 7.74. The van der Waals surface area contributed by atoms with Gasteiger partial charge in [0.05, 0.1) is 26.2 Å². The molecule has 0 unspecified atom stereocenters. The van der Waals surface area contributed by atoms with Crippen LogP contribution >= 0.6 is 0 Å². The second kappa shape index (κ2) is 12.8. The Bertz CT molecular complexity index is 883. The topological polar surface area (TPSA) is 57.2 Å². The Kier molecular flexibility index (Phi) is 12.9. The van der Waals surface area contributed by atoms with Crippen LogP contribution in [0.5, 0.6) is 0 Å². The van der Waals surface area contributed by atoms with Gasteiger partial charge >= 0.3 is 35.1 Å². The normalized spacial score (nSPS) is 14.3. The van der Waals surface area contributed by atoms with Crippen molar-refractivity contribution in [3.63, 3.8) is 0 Å². The fraction of sp³-hybridized carbons (Fsp3) is 0.600. The van der Waals surface area contributed by atoms with E-state index in [4.69, 9.17) is 0 Å². The van der Waals surface area contributed by atoms with E-state index in [0.29, 0.717) is 0 Å². The van der Waals surface area contributed by atoms with Crippen LogP contribution in [-0.4, -0.2) is 78.8 Å². The largest absolute Gasteiger partial charge is 0.743 e. The van der Waals surface area contributed by atoms with Gasteiger partial charge in [-0.1, -0.05) is 26.3 Å². The minimum Gasteiger partial charge on any atom is -0.743 e. The molecule has 4 nitrogen and oxygen atoms in total. The summed E-state index contributed by atoms with van der Waals surface area (Å²) >= 11 is 0. The van der Waals surface area contributed by atoms with Crippen molar-refractivity contribution < 1.29 is 74.5 Å². The molecule has 38 heavy (non-hydrogen) atoms. The van der Waals surface area contributed by atoms with Gasteiger partial charge in [-0.25, -0.2) is 8.42 Å². The first-order chi connectivity index (χ1) is 16.7. The third-order valence-corrected chi connectivity index (χ3v) is 5.60. The van der Waals surface area contributed by atoms with E-state index in [2.05, 4.69) is 26.3 Å². The lowest BCUT2D eigenvalue weighted by Gasteiger charge is -2.39. The average molecular weight is 605 g/mol. The molecular formula is C20H24F13NO3S. The molecule has 0 aromatic carbocycles.